The number of rotatable bonds is 6. The average Bonchev–Trinajstić information content (AvgIpc) is 2.38. The van der Waals surface area contributed by atoms with Crippen LogP contribution in [-0.2, 0) is 14.8 Å². The van der Waals surface area contributed by atoms with Gasteiger partial charge in [0.25, 0.3) is 0 Å². The van der Waals surface area contributed by atoms with Gasteiger partial charge in [0.05, 0.1) is 11.8 Å². The maximum Gasteiger partial charge on any atom is 0.237 e. The minimum Gasteiger partial charge on any atom is -0.352 e. The number of carbonyl (C=O) groups is 1. The normalized spacial score (nSPS) is 20.1. The first-order valence-electron chi connectivity index (χ1n) is 7.31. The number of hydrogen-bond acceptors (Lipinski definition) is 4. The van der Waals surface area contributed by atoms with Crippen molar-refractivity contribution in [2.45, 2.75) is 52.1 Å². The average molecular weight is 305 g/mol. The van der Waals surface area contributed by atoms with Crippen LogP contribution in [0.4, 0.5) is 0 Å². The van der Waals surface area contributed by atoms with E-state index in [-0.39, 0.29) is 23.6 Å². The maximum absolute atomic E-state index is 11.9. The van der Waals surface area contributed by atoms with Gasteiger partial charge in [0.2, 0.25) is 15.9 Å². The van der Waals surface area contributed by atoms with Crippen molar-refractivity contribution in [3.05, 3.63) is 0 Å². The zero-order chi connectivity index (χ0) is 15.3. The van der Waals surface area contributed by atoms with E-state index in [1.165, 1.54) is 4.31 Å². The second-order valence-electron chi connectivity index (χ2n) is 5.77. The molecule has 1 saturated heterocycles. The lowest BCUT2D eigenvalue weighted by Crippen LogP contribution is -2.51. The van der Waals surface area contributed by atoms with Crippen LogP contribution in [0, 0.1) is 5.92 Å². The topological polar surface area (TPSA) is 92.5 Å². The zero-order valence-electron chi connectivity index (χ0n) is 12.6. The molecular weight excluding hydrogens is 278 g/mol. The molecule has 0 aromatic rings. The lowest BCUT2D eigenvalue weighted by atomic mass is 10.0. The Bertz CT molecular complexity index is 415. The molecule has 0 saturated carbocycles. The van der Waals surface area contributed by atoms with Crippen LogP contribution >= 0.6 is 0 Å². The molecule has 6 nitrogen and oxygen atoms in total. The standard InChI is InChI=1S/C13H27N3O3S/c1-4-9-20(18,19)16-7-5-11(6-8-16)15-13(17)12(14)10(2)3/h10-12H,4-9,14H2,1-3H3,(H,15,17)/t12-/m0/s1. The van der Waals surface area contributed by atoms with Crippen molar-refractivity contribution in [2.75, 3.05) is 18.8 Å². The molecular formula is C13H27N3O3S. The van der Waals surface area contributed by atoms with Crippen molar-refractivity contribution >= 4 is 15.9 Å². The fourth-order valence-corrected chi connectivity index (χ4v) is 3.81. The van der Waals surface area contributed by atoms with Crippen molar-refractivity contribution in [2.24, 2.45) is 11.7 Å². The molecule has 1 rings (SSSR count). The number of hydrogen-bond donors (Lipinski definition) is 2. The van der Waals surface area contributed by atoms with Gasteiger partial charge in [-0.25, -0.2) is 12.7 Å². The minimum atomic E-state index is -3.12. The zero-order valence-corrected chi connectivity index (χ0v) is 13.4. The Balaban J connectivity index is 2.45. The molecule has 0 aromatic heterocycles. The Kier molecular flexibility index (Phi) is 6.42. The first-order chi connectivity index (χ1) is 9.27. The van der Waals surface area contributed by atoms with Crippen LogP contribution in [-0.4, -0.2) is 49.6 Å². The number of nitrogens with zero attached hydrogens (tertiary/aromatic N) is 1. The van der Waals surface area contributed by atoms with Crippen LogP contribution in [0.3, 0.4) is 0 Å². The van der Waals surface area contributed by atoms with Gasteiger partial charge in [-0.3, -0.25) is 4.79 Å². The van der Waals surface area contributed by atoms with E-state index in [1.54, 1.807) is 0 Å². The third kappa shape index (κ3) is 4.71. The highest BCUT2D eigenvalue weighted by molar-refractivity contribution is 7.89. The van der Waals surface area contributed by atoms with Gasteiger partial charge in [-0.15, -0.1) is 0 Å². The lowest BCUT2D eigenvalue weighted by molar-refractivity contribution is -0.124. The summed E-state index contributed by atoms with van der Waals surface area (Å²) < 4.78 is 25.4. The third-order valence-corrected chi connectivity index (χ3v) is 5.75. The number of nitrogens with one attached hydrogen (secondary N) is 1. The largest absolute Gasteiger partial charge is 0.352 e. The van der Waals surface area contributed by atoms with Gasteiger partial charge >= 0.3 is 0 Å². The van der Waals surface area contributed by atoms with Crippen LogP contribution in [0.25, 0.3) is 0 Å². The molecule has 3 N–H and O–H groups in total. The van der Waals surface area contributed by atoms with Crippen LogP contribution in [0.1, 0.15) is 40.0 Å². The molecule has 20 heavy (non-hydrogen) atoms. The summed E-state index contributed by atoms with van der Waals surface area (Å²) in [5.41, 5.74) is 5.79. The van der Waals surface area contributed by atoms with Crippen LogP contribution in [0.5, 0.6) is 0 Å². The Labute approximate surface area is 122 Å². The smallest absolute Gasteiger partial charge is 0.237 e. The fraction of sp³-hybridized carbons (Fsp3) is 0.923. The second kappa shape index (κ2) is 7.38. The van der Waals surface area contributed by atoms with Gasteiger partial charge in [0, 0.05) is 19.1 Å². The fourth-order valence-electron chi connectivity index (χ4n) is 2.27. The second-order valence-corrected chi connectivity index (χ2v) is 7.86. The molecule has 0 spiro atoms. The van der Waals surface area contributed by atoms with Gasteiger partial charge in [-0.05, 0) is 25.2 Å². The first kappa shape index (κ1) is 17.4. The highest BCUT2D eigenvalue weighted by Gasteiger charge is 2.29. The Morgan fingerprint density at radius 1 is 1.35 bits per heavy atom. The summed E-state index contributed by atoms with van der Waals surface area (Å²) >= 11 is 0. The highest BCUT2D eigenvalue weighted by atomic mass is 32.2. The van der Waals surface area contributed by atoms with Crippen LogP contribution in [0.15, 0.2) is 0 Å². The van der Waals surface area contributed by atoms with E-state index in [4.69, 9.17) is 5.73 Å². The molecule has 0 aromatic carbocycles. The number of carbonyl (C=O) groups excluding carboxylic acids is 1. The van der Waals surface area contributed by atoms with Crippen molar-refractivity contribution in [1.82, 2.24) is 9.62 Å². The molecule has 1 fully saturated rings. The summed E-state index contributed by atoms with van der Waals surface area (Å²) in [6.45, 7) is 6.63. The quantitative estimate of drug-likeness (QED) is 0.737. The molecule has 0 radical (unpaired) electrons. The molecule has 1 heterocycles. The SMILES string of the molecule is CCCS(=O)(=O)N1CCC(NC(=O)[C@@H](N)C(C)C)CC1. The molecule has 7 heteroatoms. The van der Waals surface area contributed by atoms with E-state index < -0.39 is 16.1 Å². The summed E-state index contributed by atoms with van der Waals surface area (Å²) in [4.78, 5) is 11.9. The van der Waals surface area contributed by atoms with Crippen molar-refractivity contribution < 1.29 is 13.2 Å². The molecule has 1 aliphatic heterocycles. The summed E-state index contributed by atoms with van der Waals surface area (Å²) in [5.74, 6) is 0.150. The van der Waals surface area contributed by atoms with Crippen molar-refractivity contribution in [1.29, 1.82) is 0 Å². The molecule has 0 unspecified atom stereocenters. The summed E-state index contributed by atoms with van der Waals surface area (Å²) in [5, 5.41) is 2.92. The molecule has 0 bridgehead atoms. The van der Waals surface area contributed by atoms with E-state index in [1.807, 2.05) is 20.8 Å². The van der Waals surface area contributed by atoms with E-state index in [0.29, 0.717) is 32.4 Å². The van der Waals surface area contributed by atoms with Gasteiger partial charge in [0.1, 0.15) is 0 Å². The number of nitrogens with two attached hydrogens (primary N) is 1. The Morgan fingerprint density at radius 3 is 2.35 bits per heavy atom. The van der Waals surface area contributed by atoms with Gasteiger partial charge in [0.15, 0.2) is 0 Å². The van der Waals surface area contributed by atoms with Crippen LogP contribution < -0.4 is 11.1 Å². The number of piperidine rings is 1. The van der Waals surface area contributed by atoms with E-state index in [2.05, 4.69) is 5.32 Å². The van der Waals surface area contributed by atoms with Gasteiger partial charge in [-0.2, -0.15) is 0 Å². The highest BCUT2D eigenvalue weighted by Crippen LogP contribution is 2.15. The Morgan fingerprint density at radius 2 is 1.90 bits per heavy atom. The molecule has 118 valence electrons. The molecule has 1 aliphatic rings. The third-order valence-electron chi connectivity index (χ3n) is 3.68. The van der Waals surface area contributed by atoms with Gasteiger partial charge < -0.3 is 11.1 Å². The molecule has 1 atom stereocenters. The van der Waals surface area contributed by atoms with Crippen molar-refractivity contribution in [3.63, 3.8) is 0 Å². The van der Waals surface area contributed by atoms with Crippen molar-refractivity contribution in [3.8, 4) is 0 Å². The number of sulfonamides is 1. The first-order valence-corrected chi connectivity index (χ1v) is 8.92. The summed E-state index contributed by atoms with van der Waals surface area (Å²) in [6.07, 6.45) is 1.93. The predicted octanol–water partition coefficient (Wildman–Crippen LogP) is 0.290. The minimum absolute atomic E-state index is 0.0281. The van der Waals surface area contributed by atoms with E-state index in [9.17, 15) is 13.2 Å². The van der Waals surface area contributed by atoms with E-state index >= 15 is 0 Å². The van der Waals surface area contributed by atoms with E-state index in [0.717, 1.165) is 0 Å². The van der Waals surface area contributed by atoms with Gasteiger partial charge in [-0.1, -0.05) is 20.8 Å². The summed E-state index contributed by atoms with van der Waals surface area (Å²) in [6, 6.07) is -0.475. The number of amides is 1. The molecule has 0 aliphatic carbocycles. The maximum atomic E-state index is 11.9. The Hall–Kier alpha value is -0.660. The lowest BCUT2D eigenvalue weighted by Gasteiger charge is -2.32. The molecule has 1 amide bonds. The summed E-state index contributed by atoms with van der Waals surface area (Å²) in [7, 11) is -3.12. The predicted molar refractivity (Wildman–Crippen MR) is 79.6 cm³/mol. The van der Waals surface area contributed by atoms with Crippen LogP contribution in [0.2, 0.25) is 0 Å². The monoisotopic (exact) mass is 305 g/mol.